The topological polar surface area (TPSA) is 30.2 Å². The molecular weight excluding hydrogens is 344 g/mol. The molecule has 3 aromatic rings. The van der Waals surface area contributed by atoms with Crippen molar-refractivity contribution in [2.75, 3.05) is 0 Å². The zero-order valence-electron chi connectivity index (χ0n) is 15.5. The molecule has 0 atom stereocenters. The lowest BCUT2D eigenvalue weighted by Gasteiger charge is -2.11. The van der Waals surface area contributed by atoms with Gasteiger partial charge in [-0.1, -0.05) is 90.5 Å². The van der Waals surface area contributed by atoms with E-state index in [0.717, 1.165) is 33.2 Å². The van der Waals surface area contributed by atoms with Crippen molar-refractivity contribution in [3.05, 3.63) is 107 Å². The molecule has 0 unspecified atom stereocenters. The fraction of sp³-hybridized carbons (Fsp3) is 0.0385. The van der Waals surface area contributed by atoms with Gasteiger partial charge in [-0.05, 0) is 29.7 Å². The molecule has 134 valence electrons. The predicted molar refractivity (Wildman–Crippen MR) is 115 cm³/mol. The smallest absolute Gasteiger partial charge is 0.344 e. The maximum absolute atomic E-state index is 12.9. The van der Waals surface area contributed by atoms with Crippen LogP contribution in [0.3, 0.4) is 0 Å². The average molecular weight is 362 g/mol. The first-order valence-corrected chi connectivity index (χ1v) is 9.33. The monoisotopic (exact) mass is 362 g/mol. The standard InChI is InChI=1S/C26H18O2/c1-17-12-14-20-16-22-24(21(20)15-13-17)23(18-8-4-2-5-9-18)25(28-26(22)27)19-10-6-3-7-11-19/h2-16H,1H3. The Hall–Kier alpha value is -3.65. The highest BCUT2D eigenvalue weighted by atomic mass is 16.4. The van der Waals surface area contributed by atoms with Crippen LogP contribution < -0.4 is 5.63 Å². The van der Waals surface area contributed by atoms with Gasteiger partial charge in [0, 0.05) is 16.5 Å². The van der Waals surface area contributed by atoms with E-state index in [0.29, 0.717) is 11.1 Å². The lowest BCUT2D eigenvalue weighted by atomic mass is 9.95. The molecule has 2 nitrogen and oxygen atoms in total. The Balaban J connectivity index is 1.99. The van der Waals surface area contributed by atoms with Gasteiger partial charge in [0.15, 0.2) is 0 Å². The molecular formula is C26H18O2. The van der Waals surface area contributed by atoms with Crippen molar-refractivity contribution in [3.63, 3.8) is 0 Å². The van der Waals surface area contributed by atoms with Gasteiger partial charge in [-0.25, -0.2) is 4.79 Å². The summed E-state index contributed by atoms with van der Waals surface area (Å²) in [5.41, 5.74) is 5.86. The predicted octanol–water partition coefficient (Wildman–Crippen LogP) is 6.54. The van der Waals surface area contributed by atoms with E-state index in [1.54, 1.807) is 0 Å². The molecule has 0 saturated heterocycles. The number of rotatable bonds is 2. The van der Waals surface area contributed by atoms with Crippen molar-refractivity contribution in [1.82, 2.24) is 0 Å². The SMILES string of the molecule is Cc1ccc2cc3c(=O)oc(-c4ccccc4)c(-c4ccccc4)c3c-2cc1. The lowest BCUT2D eigenvalue weighted by Crippen LogP contribution is -2.01. The Labute approximate surface area is 163 Å². The number of fused-ring (bicyclic) bond motifs is 3. The first-order valence-electron chi connectivity index (χ1n) is 9.33. The summed E-state index contributed by atoms with van der Waals surface area (Å²) in [7, 11) is 0. The van der Waals surface area contributed by atoms with Gasteiger partial charge in [-0.3, -0.25) is 0 Å². The molecule has 0 spiro atoms. The summed E-state index contributed by atoms with van der Waals surface area (Å²) in [4.78, 5) is 12.9. The van der Waals surface area contributed by atoms with E-state index in [1.807, 2.05) is 54.6 Å². The van der Waals surface area contributed by atoms with Crippen molar-refractivity contribution in [2.24, 2.45) is 0 Å². The maximum atomic E-state index is 12.9. The van der Waals surface area contributed by atoms with E-state index in [1.165, 1.54) is 5.56 Å². The van der Waals surface area contributed by atoms with Gasteiger partial charge < -0.3 is 4.42 Å². The third-order valence-corrected chi connectivity index (χ3v) is 5.18. The molecule has 1 heterocycles. The maximum Gasteiger partial charge on any atom is 0.344 e. The summed E-state index contributed by atoms with van der Waals surface area (Å²) in [6.45, 7) is 2.07. The number of aryl methyl sites for hydroxylation is 1. The molecule has 5 rings (SSSR count). The van der Waals surface area contributed by atoms with Gasteiger partial charge in [0.05, 0.1) is 5.39 Å². The van der Waals surface area contributed by atoms with E-state index in [4.69, 9.17) is 4.42 Å². The fourth-order valence-corrected chi connectivity index (χ4v) is 3.82. The molecule has 0 fully saturated rings. The fourth-order valence-electron chi connectivity index (χ4n) is 3.82. The first-order chi connectivity index (χ1) is 13.7. The van der Waals surface area contributed by atoms with E-state index < -0.39 is 0 Å². The summed E-state index contributed by atoms with van der Waals surface area (Å²) in [5.74, 6) is 0.611. The molecule has 28 heavy (non-hydrogen) atoms. The largest absolute Gasteiger partial charge is 0.422 e. The van der Waals surface area contributed by atoms with Crippen LogP contribution in [0.5, 0.6) is 0 Å². The highest BCUT2D eigenvalue weighted by Gasteiger charge is 2.22. The molecule has 0 aliphatic heterocycles. The van der Waals surface area contributed by atoms with Crippen LogP contribution in [0, 0.1) is 6.92 Å². The summed E-state index contributed by atoms with van der Waals surface area (Å²) in [5, 5.41) is 1.57. The molecule has 0 bridgehead atoms. The van der Waals surface area contributed by atoms with Gasteiger partial charge in [0.1, 0.15) is 5.76 Å². The van der Waals surface area contributed by atoms with E-state index in [-0.39, 0.29) is 5.63 Å². The molecule has 2 heteroatoms. The van der Waals surface area contributed by atoms with Gasteiger partial charge >= 0.3 is 5.63 Å². The minimum atomic E-state index is -0.302. The summed E-state index contributed by atoms with van der Waals surface area (Å²) in [6.07, 6.45) is 0. The molecule has 0 radical (unpaired) electrons. The van der Waals surface area contributed by atoms with Gasteiger partial charge in [-0.15, -0.1) is 0 Å². The van der Waals surface area contributed by atoms with Crippen molar-refractivity contribution < 1.29 is 4.42 Å². The van der Waals surface area contributed by atoms with Crippen LogP contribution in [0.2, 0.25) is 0 Å². The van der Waals surface area contributed by atoms with Gasteiger partial charge in [0.2, 0.25) is 0 Å². The number of hydrogen-bond donors (Lipinski definition) is 0. The Morgan fingerprint density at radius 2 is 1.32 bits per heavy atom. The molecule has 2 aromatic carbocycles. The van der Waals surface area contributed by atoms with Crippen molar-refractivity contribution in [2.45, 2.75) is 6.92 Å². The number of benzene rings is 2. The van der Waals surface area contributed by atoms with Crippen LogP contribution in [0.25, 0.3) is 44.3 Å². The minimum absolute atomic E-state index is 0.302. The molecule has 2 aliphatic carbocycles. The zero-order chi connectivity index (χ0) is 19.1. The molecule has 0 amide bonds. The van der Waals surface area contributed by atoms with Crippen LogP contribution in [0.15, 0.2) is 100 Å². The number of hydrogen-bond acceptors (Lipinski definition) is 2. The second kappa shape index (κ2) is 6.50. The van der Waals surface area contributed by atoms with Crippen LogP contribution in [-0.2, 0) is 0 Å². The van der Waals surface area contributed by atoms with Crippen molar-refractivity contribution in [3.8, 4) is 33.6 Å². The minimum Gasteiger partial charge on any atom is -0.422 e. The summed E-state index contributed by atoms with van der Waals surface area (Å²) in [6, 6.07) is 30.3. The van der Waals surface area contributed by atoms with E-state index in [2.05, 4.69) is 43.3 Å². The van der Waals surface area contributed by atoms with E-state index in [9.17, 15) is 4.79 Å². The Morgan fingerprint density at radius 3 is 2.04 bits per heavy atom. The van der Waals surface area contributed by atoms with Crippen LogP contribution in [0.1, 0.15) is 5.56 Å². The molecule has 0 N–H and O–H groups in total. The summed E-state index contributed by atoms with van der Waals surface area (Å²) >= 11 is 0. The lowest BCUT2D eigenvalue weighted by molar-refractivity contribution is 0.536. The Bertz CT molecular complexity index is 1320. The molecule has 1 aromatic heterocycles. The van der Waals surface area contributed by atoms with Crippen LogP contribution in [0.4, 0.5) is 0 Å². The molecule has 2 aliphatic rings. The Morgan fingerprint density at radius 1 is 0.679 bits per heavy atom. The third-order valence-electron chi connectivity index (χ3n) is 5.18. The Kier molecular flexibility index (Phi) is 3.84. The van der Waals surface area contributed by atoms with Gasteiger partial charge in [0.25, 0.3) is 0 Å². The summed E-state index contributed by atoms with van der Waals surface area (Å²) < 4.78 is 5.88. The van der Waals surface area contributed by atoms with Crippen molar-refractivity contribution in [1.29, 1.82) is 0 Å². The van der Waals surface area contributed by atoms with Crippen LogP contribution in [-0.4, -0.2) is 0 Å². The van der Waals surface area contributed by atoms with Gasteiger partial charge in [-0.2, -0.15) is 0 Å². The quantitative estimate of drug-likeness (QED) is 0.357. The third kappa shape index (κ3) is 2.62. The first kappa shape index (κ1) is 16.5. The molecule has 0 saturated carbocycles. The van der Waals surface area contributed by atoms with Crippen LogP contribution >= 0.6 is 0 Å². The van der Waals surface area contributed by atoms with Crippen molar-refractivity contribution >= 4 is 10.8 Å². The second-order valence-corrected chi connectivity index (χ2v) is 7.04. The zero-order valence-corrected chi connectivity index (χ0v) is 15.5. The average Bonchev–Trinajstić information content (AvgIpc) is 3.01. The van der Waals surface area contributed by atoms with E-state index >= 15 is 0 Å². The highest BCUT2D eigenvalue weighted by molar-refractivity contribution is 6.12. The highest BCUT2D eigenvalue weighted by Crippen LogP contribution is 2.43. The normalized spacial score (nSPS) is 11.2. The second-order valence-electron chi connectivity index (χ2n) is 7.04.